The molecule has 42 heavy (non-hydrogen) atoms. The Morgan fingerprint density at radius 1 is 1.19 bits per heavy atom. The Morgan fingerprint density at radius 3 is 2.60 bits per heavy atom. The molecule has 1 amide bonds. The van der Waals surface area contributed by atoms with Crippen LogP contribution in [0.15, 0.2) is 77.0 Å². The van der Waals surface area contributed by atoms with E-state index in [0.29, 0.717) is 45.5 Å². The number of aliphatic imine (C=N–C) groups is 2. The van der Waals surface area contributed by atoms with E-state index in [-0.39, 0.29) is 31.4 Å². The summed E-state index contributed by atoms with van der Waals surface area (Å²) in [5.41, 5.74) is 2.36. The van der Waals surface area contributed by atoms with E-state index in [1.807, 2.05) is 12.1 Å². The lowest BCUT2D eigenvalue weighted by atomic mass is 9.99. The zero-order valence-electron chi connectivity index (χ0n) is 23.1. The Hall–Kier alpha value is -4.39. The highest BCUT2D eigenvalue weighted by atomic mass is 35.5. The molecule has 0 atom stereocenters. The molecule has 5 rings (SSSR count). The molecule has 0 radical (unpaired) electrons. The summed E-state index contributed by atoms with van der Waals surface area (Å²) in [6, 6.07) is 11.6. The van der Waals surface area contributed by atoms with E-state index in [9.17, 15) is 19.7 Å². The van der Waals surface area contributed by atoms with Crippen LogP contribution in [-0.4, -0.2) is 96.2 Å². The van der Waals surface area contributed by atoms with Crippen LogP contribution < -0.4 is 4.90 Å². The van der Waals surface area contributed by atoms with Crippen molar-refractivity contribution in [2.75, 3.05) is 57.9 Å². The first-order chi connectivity index (χ1) is 20.2. The smallest absolute Gasteiger partial charge is 0.330 e. The maximum Gasteiger partial charge on any atom is 0.330 e. The summed E-state index contributed by atoms with van der Waals surface area (Å²) in [5, 5.41) is 20.2. The second kappa shape index (κ2) is 14.0. The number of aliphatic hydroxyl groups is 1. The molecule has 1 fully saturated rings. The number of hydrogen-bond donors (Lipinski definition) is 1. The van der Waals surface area contributed by atoms with Crippen LogP contribution in [0, 0.1) is 10.1 Å². The van der Waals surface area contributed by atoms with Crippen molar-refractivity contribution in [2.24, 2.45) is 9.98 Å². The van der Waals surface area contributed by atoms with Crippen LogP contribution in [0.5, 0.6) is 0 Å². The Labute approximate surface area is 248 Å². The van der Waals surface area contributed by atoms with Gasteiger partial charge in [-0.15, -0.1) is 0 Å². The van der Waals surface area contributed by atoms with Gasteiger partial charge >= 0.3 is 5.97 Å². The highest BCUT2D eigenvalue weighted by Gasteiger charge is 2.37. The molecule has 2 aromatic rings. The first-order valence-electron chi connectivity index (χ1n) is 13.3. The molecular weight excluding hydrogens is 564 g/mol. The number of rotatable bonds is 7. The van der Waals surface area contributed by atoms with E-state index in [1.165, 1.54) is 17.0 Å². The molecule has 0 unspecified atom stereocenters. The van der Waals surface area contributed by atoms with Gasteiger partial charge in [-0.1, -0.05) is 36.4 Å². The van der Waals surface area contributed by atoms with Crippen LogP contribution in [0.2, 0.25) is 5.02 Å². The maximum atomic E-state index is 13.4. The van der Waals surface area contributed by atoms with Gasteiger partial charge in [0.15, 0.2) is 0 Å². The molecule has 13 heteroatoms. The zero-order valence-corrected chi connectivity index (χ0v) is 23.9. The van der Waals surface area contributed by atoms with E-state index in [0.717, 1.165) is 32.3 Å². The minimum Gasteiger partial charge on any atom is -0.462 e. The fourth-order valence-electron chi connectivity index (χ4n) is 4.47. The number of piperazine rings is 1. The summed E-state index contributed by atoms with van der Waals surface area (Å²) >= 11 is 6.43. The predicted molar refractivity (Wildman–Crippen MR) is 160 cm³/mol. The van der Waals surface area contributed by atoms with E-state index in [4.69, 9.17) is 21.7 Å². The molecule has 3 aliphatic heterocycles. The standard InChI is InChI=1S/C23H21ClN6O3.C6H10O3/c1-27-8-10-28(11-9-27)14-19-23(31)29-20-7-6-15(30(32)33)12-17(20)22(25-13-21(29)26-19)16-4-2-3-5-18(16)24;1-2-6(8)9-5-3-4-7/h2-7,12,14H,8-11,13H2,1H3;2,7H,1,3-5H2/b19-14-;. The zero-order chi connectivity index (χ0) is 30.2. The van der Waals surface area contributed by atoms with Crippen molar-refractivity contribution in [3.8, 4) is 0 Å². The van der Waals surface area contributed by atoms with Gasteiger partial charge in [0, 0.05) is 79.8 Å². The fourth-order valence-corrected chi connectivity index (χ4v) is 4.69. The lowest BCUT2D eigenvalue weighted by molar-refractivity contribution is -0.384. The SMILES string of the molecule is C=CC(=O)OCCCO.CN1CCN(/C=C2\N=C3CN=C(c4ccccc4Cl)c4cc([N+](=O)[O-])ccc4N3C2=O)CC1. The predicted octanol–water partition coefficient (Wildman–Crippen LogP) is 3.03. The van der Waals surface area contributed by atoms with E-state index < -0.39 is 10.9 Å². The molecule has 0 saturated carbocycles. The van der Waals surface area contributed by atoms with Crippen molar-refractivity contribution in [1.29, 1.82) is 0 Å². The summed E-state index contributed by atoms with van der Waals surface area (Å²) in [6.07, 6.45) is 3.39. The Morgan fingerprint density at radius 2 is 1.93 bits per heavy atom. The van der Waals surface area contributed by atoms with Gasteiger partial charge in [-0.25, -0.2) is 9.79 Å². The van der Waals surface area contributed by atoms with Crippen molar-refractivity contribution in [3.05, 3.63) is 93.3 Å². The number of carbonyl (C=O) groups is 2. The number of esters is 1. The lowest BCUT2D eigenvalue weighted by Crippen LogP contribution is -2.42. The van der Waals surface area contributed by atoms with Gasteiger partial charge in [0.05, 0.1) is 29.5 Å². The van der Waals surface area contributed by atoms with Crippen molar-refractivity contribution in [1.82, 2.24) is 9.80 Å². The molecule has 3 aliphatic rings. The number of nitro benzene ring substituents is 1. The second-order valence-corrected chi connectivity index (χ2v) is 9.98. The number of anilines is 1. The Kier molecular flexibility index (Phi) is 10.2. The summed E-state index contributed by atoms with van der Waals surface area (Å²) < 4.78 is 4.51. The average Bonchev–Trinajstić information content (AvgIpc) is 3.19. The molecule has 0 bridgehead atoms. The fraction of sp³-hybridized carbons (Fsp3) is 0.310. The van der Waals surface area contributed by atoms with Gasteiger partial charge in [-0.05, 0) is 19.2 Å². The number of hydrogen-bond acceptors (Lipinski definition) is 10. The monoisotopic (exact) mass is 594 g/mol. The first-order valence-corrected chi connectivity index (χ1v) is 13.7. The molecule has 0 spiro atoms. The third-order valence-corrected chi connectivity index (χ3v) is 7.01. The Balaban J connectivity index is 0.000000392. The van der Waals surface area contributed by atoms with Crippen LogP contribution >= 0.6 is 11.6 Å². The summed E-state index contributed by atoms with van der Waals surface area (Å²) in [6.45, 7) is 7.12. The molecule has 220 valence electrons. The van der Waals surface area contributed by atoms with Crippen molar-refractivity contribution in [3.63, 3.8) is 0 Å². The molecular formula is C29H31ClN6O6. The number of benzene rings is 2. The number of amides is 1. The normalized spacial score (nSPS) is 17.3. The molecule has 3 heterocycles. The molecule has 0 aliphatic carbocycles. The summed E-state index contributed by atoms with van der Waals surface area (Å²) in [5.74, 6) is -0.226. The van der Waals surface area contributed by atoms with Gasteiger partial charge < -0.3 is 19.6 Å². The number of non-ortho nitro benzene ring substituents is 1. The van der Waals surface area contributed by atoms with Gasteiger partial charge in [0.2, 0.25) is 0 Å². The van der Waals surface area contributed by atoms with Crippen LogP contribution in [0.1, 0.15) is 17.5 Å². The first kappa shape index (κ1) is 30.6. The van der Waals surface area contributed by atoms with Crippen LogP contribution in [-0.2, 0) is 14.3 Å². The third-order valence-electron chi connectivity index (χ3n) is 6.68. The number of ether oxygens (including phenoxy) is 1. The molecule has 12 nitrogen and oxygen atoms in total. The van der Waals surface area contributed by atoms with Crippen LogP contribution in [0.4, 0.5) is 11.4 Å². The number of nitro groups is 1. The number of amidine groups is 1. The summed E-state index contributed by atoms with van der Waals surface area (Å²) in [7, 11) is 2.07. The quantitative estimate of drug-likeness (QED) is 0.170. The average molecular weight is 595 g/mol. The number of carbonyl (C=O) groups excluding carboxylic acids is 2. The van der Waals surface area contributed by atoms with Gasteiger partial charge in [-0.2, -0.15) is 0 Å². The van der Waals surface area contributed by atoms with Gasteiger partial charge in [0.1, 0.15) is 11.5 Å². The van der Waals surface area contributed by atoms with Gasteiger partial charge in [-0.3, -0.25) is 24.8 Å². The molecule has 0 aromatic heterocycles. The van der Waals surface area contributed by atoms with E-state index in [2.05, 4.69) is 33.2 Å². The van der Waals surface area contributed by atoms with Crippen molar-refractivity contribution in [2.45, 2.75) is 6.42 Å². The number of halogens is 1. The van der Waals surface area contributed by atoms with Gasteiger partial charge in [0.25, 0.3) is 11.6 Å². The van der Waals surface area contributed by atoms with Crippen molar-refractivity contribution >= 4 is 46.4 Å². The highest BCUT2D eigenvalue weighted by molar-refractivity contribution is 6.37. The largest absolute Gasteiger partial charge is 0.462 e. The molecule has 1 N–H and O–H groups in total. The number of nitrogens with zero attached hydrogens (tertiary/aromatic N) is 6. The van der Waals surface area contributed by atoms with E-state index >= 15 is 0 Å². The van der Waals surface area contributed by atoms with Crippen molar-refractivity contribution < 1.29 is 24.4 Å². The van der Waals surface area contributed by atoms with Crippen LogP contribution in [0.3, 0.4) is 0 Å². The Bertz CT molecular complexity index is 1460. The number of likely N-dealkylation sites (N-methyl/N-ethyl adjacent to an activating group) is 1. The third kappa shape index (κ3) is 7.08. The summed E-state index contributed by atoms with van der Waals surface area (Å²) in [4.78, 5) is 49.8. The topological polar surface area (TPSA) is 141 Å². The molecule has 2 aromatic carbocycles. The van der Waals surface area contributed by atoms with E-state index in [1.54, 1.807) is 24.4 Å². The lowest BCUT2D eigenvalue weighted by Gasteiger charge is -2.31. The minimum atomic E-state index is -0.463. The number of aliphatic hydroxyl groups excluding tert-OH is 1. The maximum absolute atomic E-state index is 13.4. The van der Waals surface area contributed by atoms with Crippen LogP contribution in [0.25, 0.3) is 0 Å². The minimum absolute atomic E-state index is 0.0461. The second-order valence-electron chi connectivity index (χ2n) is 9.57. The molecule has 1 saturated heterocycles. The highest BCUT2D eigenvalue weighted by Crippen LogP contribution is 2.35. The number of fused-ring (bicyclic) bond motifs is 3.